The third-order valence-electron chi connectivity index (χ3n) is 4.68. The molecule has 118 valence electrons. The maximum atomic E-state index is 6.30. The number of benzene rings is 1. The van der Waals surface area contributed by atoms with Gasteiger partial charge in [-0.2, -0.15) is 0 Å². The van der Waals surface area contributed by atoms with Crippen LogP contribution in [0.5, 0.6) is 5.75 Å². The highest BCUT2D eigenvalue weighted by Gasteiger charge is 2.40. The largest absolute Gasteiger partial charge is 0.491 e. The molecule has 0 aromatic heterocycles. The minimum atomic E-state index is 0.293. The fourth-order valence-corrected chi connectivity index (χ4v) is 3.06. The van der Waals surface area contributed by atoms with Crippen LogP contribution in [0, 0.1) is 0 Å². The number of nitrogens with two attached hydrogens (primary N) is 1. The third kappa shape index (κ3) is 3.26. The molecule has 0 spiro atoms. The van der Waals surface area contributed by atoms with E-state index in [-0.39, 0.29) is 0 Å². The van der Waals surface area contributed by atoms with Crippen LogP contribution in [0.15, 0.2) is 18.2 Å². The van der Waals surface area contributed by atoms with Gasteiger partial charge in [0, 0.05) is 19.1 Å². The number of para-hydroxylation sites is 1. The normalized spacial score (nSPS) is 16.6. The summed E-state index contributed by atoms with van der Waals surface area (Å²) in [5.41, 5.74) is 8.41. The van der Waals surface area contributed by atoms with E-state index in [9.17, 15) is 0 Å². The standard InChI is InChI=1S/C17H29N3O/c1-5-12-21-15-9-6-8-14(16(15)18)20(4)13-17(19(2)3)10-7-11-17/h6,8-9H,5,7,10-13,18H2,1-4H3. The fourth-order valence-electron chi connectivity index (χ4n) is 3.06. The molecule has 1 fully saturated rings. The minimum Gasteiger partial charge on any atom is -0.491 e. The van der Waals surface area contributed by atoms with Gasteiger partial charge in [0.05, 0.1) is 18.0 Å². The first-order valence-electron chi connectivity index (χ1n) is 7.90. The molecule has 4 heteroatoms. The molecule has 0 unspecified atom stereocenters. The zero-order valence-electron chi connectivity index (χ0n) is 13.9. The van der Waals surface area contributed by atoms with Crippen LogP contribution in [-0.2, 0) is 0 Å². The maximum Gasteiger partial charge on any atom is 0.144 e. The first-order valence-corrected chi connectivity index (χ1v) is 7.90. The molecule has 0 saturated heterocycles. The van der Waals surface area contributed by atoms with Crippen molar-refractivity contribution in [1.29, 1.82) is 0 Å². The van der Waals surface area contributed by atoms with E-state index >= 15 is 0 Å². The van der Waals surface area contributed by atoms with E-state index in [0.29, 0.717) is 12.1 Å². The van der Waals surface area contributed by atoms with Crippen molar-refractivity contribution in [2.45, 2.75) is 38.1 Å². The molecule has 0 amide bonds. The lowest BCUT2D eigenvalue weighted by molar-refractivity contribution is 0.0683. The van der Waals surface area contributed by atoms with Crippen LogP contribution < -0.4 is 15.4 Å². The molecule has 1 saturated carbocycles. The van der Waals surface area contributed by atoms with Crippen LogP contribution in [-0.4, -0.2) is 44.7 Å². The summed E-state index contributed by atoms with van der Waals surface area (Å²) in [5.74, 6) is 0.800. The SMILES string of the molecule is CCCOc1cccc(N(C)CC2(N(C)C)CCC2)c1N. The molecule has 2 rings (SSSR count). The third-order valence-corrected chi connectivity index (χ3v) is 4.68. The van der Waals surface area contributed by atoms with Crippen molar-refractivity contribution in [3.63, 3.8) is 0 Å². The number of nitrogen functional groups attached to an aromatic ring is 1. The first kappa shape index (κ1) is 16.0. The summed E-state index contributed by atoms with van der Waals surface area (Å²) in [6.45, 7) is 3.81. The van der Waals surface area contributed by atoms with Gasteiger partial charge in [-0.25, -0.2) is 0 Å². The van der Waals surface area contributed by atoms with Crippen molar-refractivity contribution in [2.75, 3.05) is 44.9 Å². The average molecular weight is 291 g/mol. The summed E-state index contributed by atoms with van der Waals surface area (Å²) in [7, 11) is 6.48. The van der Waals surface area contributed by atoms with Gasteiger partial charge in [-0.05, 0) is 51.9 Å². The van der Waals surface area contributed by atoms with Crippen molar-refractivity contribution in [2.24, 2.45) is 0 Å². The summed E-state index contributed by atoms with van der Waals surface area (Å²) in [6, 6.07) is 6.06. The number of hydrogen-bond acceptors (Lipinski definition) is 4. The van der Waals surface area contributed by atoms with Gasteiger partial charge in [0.1, 0.15) is 5.75 Å². The first-order chi connectivity index (χ1) is 10.00. The topological polar surface area (TPSA) is 41.7 Å². The molecule has 1 aromatic carbocycles. The lowest BCUT2D eigenvalue weighted by atomic mass is 9.75. The fraction of sp³-hybridized carbons (Fsp3) is 0.647. The molecule has 0 bridgehead atoms. The van der Waals surface area contributed by atoms with E-state index in [1.54, 1.807) is 0 Å². The minimum absolute atomic E-state index is 0.293. The molecular weight excluding hydrogens is 262 g/mol. The Morgan fingerprint density at radius 3 is 2.48 bits per heavy atom. The molecule has 4 nitrogen and oxygen atoms in total. The summed E-state index contributed by atoms with van der Waals surface area (Å²) >= 11 is 0. The van der Waals surface area contributed by atoms with E-state index in [2.05, 4.69) is 43.9 Å². The molecule has 21 heavy (non-hydrogen) atoms. The number of nitrogens with zero attached hydrogens (tertiary/aromatic N) is 2. The van der Waals surface area contributed by atoms with Crippen molar-refractivity contribution in [3.8, 4) is 5.75 Å². The molecule has 0 radical (unpaired) electrons. The second kappa shape index (κ2) is 6.56. The molecule has 2 N–H and O–H groups in total. The van der Waals surface area contributed by atoms with E-state index in [0.717, 1.165) is 30.1 Å². The number of anilines is 2. The summed E-state index contributed by atoms with van der Waals surface area (Å²) in [6.07, 6.45) is 4.83. The van der Waals surface area contributed by atoms with Crippen molar-refractivity contribution < 1.29 is 4.74 Å². The number of rotatable bonds is 7. The highest BCUT2D eigenvalue weighted by molar-refractivity contribution is 5.74. The number of hydrogen-bond donors (Lipinski definition) is 1. The van der Waals surface area contributed by atoms with Crippen LogP contribution in [0.3, 0.4) is 0 Å². The van der Waals surface area contributed by atoms with E-state index in [4.69, 9.17) is 10.5 Å². The van der Waals surface area contributed by atoms with Gasteiger partial charge in [-0.3, -0.25) is 0 Å². The Balaban J connectivity index is 2.13. The zero-order valence-corrected chi connectivity index (χ0v) is 13.9. The predicted molar refractivity (Wildman–Crippen MR) is 90.2 cm³/mol. The maximum absolute atomic E-state index is 6.30. The Bertz CT molecular complexity index is 469. The lowest BCUT2D eigenvalue weighted by Gasteiger charge is -2.49. The average Bonchev–Trinajstić information content (AvgIpc) is 2.41. The predicted octanol–water partition coefficient (Wildman–Crippen LogP) is 2.98. The van der Waals surface area contributed by atoms with E-state index in [1.807, 2.05) is 12.1 Å². The quantitative estimate of drug-likeness (QED) is 0.784. The zero-order chi connectivity index (χ0) is 15.5. The summed E-state index contributed by atoms with van der Waals surface area (Å²) < 4.78 is 5.73. The molecular formula is C17H29N3O. The molecule has 1 aliphatic carbocycles. The highest BCUT2D eigenvalue weighted by Crippen LogP contribution is 2.39. The van der Waals surface area contributed by atoms with Crippen molar-refractivity contribution >= 4 is 11.4 Å². The summed E-state index contributed by atoms with van der Waals surface area (Å²) in [5, 5.41) is 0. The summed E-state index contributed by atoms with van der Waals surface area (Å²) in [4.78, 5) is 4.63. The monoisotopic (exact) mass is 291 g/mol. The van der Waals surface area contributed by atoms with Gasteiger partial charge in [0.25, 0.3) is 0 Å². The van der Waals surface area contributed by atoms with E-state index < -0.39 is 0 Å². The second-order valence-electron chi connectivity index (χ2n) is 6.37. The lowest BCUT2D eigenvalue weighted by Crippen LogP contribution is -2.56. The number of ether oxygens (including phenoxy) is 1. The molecule has 1 aliphatic rings. The van der Waals surface area contributed by atoms with Crippen LogP contribution in [0.2, 0.25) is 0 Å². The van der Waals surface area contributed by atoms with Crippen molar-refractivity contribution in [1.82, 2.24) is 4.90 Å². The Labute approximate surface area is 128 Å². The smallest absolute Gasteiger partial charge is 0.144 e. The van der Waals surface area contributed by atoms with Crippen LogP contribution in [0.1, 0.15) is 32.6 Å². The highest BCUT2D eigenvalue weighted by atomic mass is 16.5. The van der Waals surface area contributed by atoms with Gasteiger partial charge in [-0.15, -0.1) is 0 Å². The van der Waals surface area contributed by atoms with Gasteiger partial charge in [0.15, 0.2) is 0 Å². The Morgan fingerprint density at radius 1 is 1.24 bits per heavy atom. The number of likely N-dealkylation sites (N-methyl/N-ethyl adjacent to an activating group) is 2. The second-order valence-corrected chi connectivity index (χ2v) is 6.37. The van der Waals surface area contributed by atoms with Crippen LogP contribution in [0.25, 0.3) is 0 Å². The molecule has 1 aromatic rings. The molecule has 0 aliphatic heterocycles. The molecule has 0 heterocycles. The van der Waals surface area contributed by atoms with Crippen LogP contribution >= 0.6 is 0 Å². The van der Waals surface area contributed by atoms with Crippen molar-refractivity contribution in [3.05, 3.63) is 18.2 Å². The van der Waals surface area contributed by atoms with Gasteiger partial charge in [-0.1, -0.05) is 13.0 Å². The van der Waals surface area contributed by atoms with Gasteiger partial charge < -0.3 is 20.3 Å². The van der Waals surface area contributed by atoms with E-state index in [1.165, 1.54) is 19.3 Å². The Hall–Kier alpha value is -1.42. The van der Waals surface area contributed by atoms with Crippen LogP contribution in [0.4, 0.5) is 11.4 Å². The van der Waals surface area contributed by atoms with Gasteiger partial charge in [0.2, 0.25) is 0 Å². The Morgan fingerprint density at radius 2 is 1.95 bits per heavy atom. The Kier molecular flexibility index (Phi) is 4.99. The molecule has 0 atom stereocenters. The van der Waals surface area contributed by atoms with Gasteiger partial charge >= 0.3 is 0 Å².